The molecule has 0 unspecified atom stereocenters. The molecule has 0 saturated carbocycles. The minimum atomic E-state index is -0.161. The van der Waals surface area contributed by atoms with Gasteiger partial charge in [-0.3, -0.25) is 4.79 Å². The predicted molar refractivity (Wildman–Crippen MR) is 86.7 cm³/mol. The van der Waals surface area contributed by atoms with Crippen molar-refractivity contribution in [2.45, 2.75) is 6.92 Å². The van der Waals surface area contributed by atoms with Crippen LogP contribution in [0.5, 0.6) is 11.5 Å². The molecule has 0 spiro atoms. The zero-order valence-electron chi connectivity index (χ0n) is 11.7. The summed E-state index contributed by atoms with van der Waals surface area (Å²) in [5, 5.41) is 0.452. The second-order valence-corrected chi connectivity index (χ2v) is 5.81. The van der Waals surface area contributed by atoms with Gasteiger partial charge in [-0.05, 0) is 42.8 Å². The zero-order valence-corrected chi connectivity index (χ0v) is 14.0. The lowest BCUT2D eigenvalue weighted by Gasteiger charge is -2.10. The van der Waals surface area contributed by atoms with Crippen LogP contribution in [0.1, 0.15) is 15.9 Å². The summed E-state index contributed by atoms with van der Waals surface area (Å²) in [6.07, 6.45) is 0. The van der Waals surface area contributed by atoms with E-state index in [2.05, 4.69) is 15.9 Å². The highest BCUT2D eigenvalue weighted by molar-refractivity contribution is 9.10. The second-order valence-electron chi connectivity index (χ2n) is 4.49. The number of Topliss-reactive ketones (excluding diaryl/α,β-unsaturated/α-hetero) is 1. The van der Waals surface area contributed by atoms with Gasteiger partial charge < -0.3 is 9.47 Å². The lowest BCUT2D eigenvalue weighted by molar-refractivity contribution is 0.0918. The Kier molecular flexibility index (Phi) is 5.26. The first-order valence-corrected chi connectivity index (χ1v) is 7.44. The van der Waals surface area contributed by atoms with Crippen LogP contribution >= 0.6 is 27.5 Å². The summed E-state index contributed by atoms with van der Waals surface area (Å²) in [6.45, 7) is 1.84. The molecule has 0 bridgehead atoms. The quantitative estimate of drug-likeness (QED) is 0.718. The molecule has 0 heterocycles. The average Bonchev–Trinajstić information content (AvgIpc) is 2.45. The molecule has 0 amide bonds. The van der Waals surface area contributed by atoms with E-state index in [-0.39, 0.29) is 12.4 Å². The summed E-state index contributed by atoms with van der Waals surface area (Å²) in [5.41, 5.74) is 1.52. The van der Waals surface area contributed by atoms with E-state index in [0.717, 1.165) is 10.0 Å². The van der Waals surface area contributed by atoms with E-state index in [4.69, 9.17) is 21.1 Å². The highest BCUT2D eigenvalue weighted by Crippen LogP contribution is 2.28. The third-order valence-corrected chi connectivity index (χ3v) is 3.70. The Bertz CT molecular complexity index is 671. The van der Waals surface area contributed by atoms with Crippen LogP contribution in [0.25, 0.3) is 0 Å². The highest BCUT2D eigenvalue weighted by Gasteiger charge is 2.14. The number of carbonyl (C=O) groups excluding carboxylic acids is 1. The standard InChI is InChI=1S/C16H14BrClO3/c1-10-3-5-12(16(7-10)20-2)14(19)9-21-15-6-4-11(17)8-13(15)18/h3-8H,9H2,1-2H3. The Morgan fingerprint density at radius 2 is 1.95 bits per heavy atom. The van der Waals surface area contributed by atoms with Crippen molar-refractivity contribution in [1.29, 1.82) is 0 Å². The van der Waals surface area contributed by atoms with Crippen molar-refractivity contribution in [1.82, 2.24) is 0 Å². The molecule has 0 fully saturated rings. The number of halogens is 2. The molecule has 5 heteroatoms. The van der Waals surface area contributed by atoms with Crippen LogP contribution in [-0.2, 0) is 0 Å². The minimum Gasteiger partial charge on any atom is -0.496 e. The summed E-state index contributed by atoms with van der Waals surface area (Å²) in [5.74, 6) is 0.857. The van der Waals surface area contributed by atoms with E-state index < -0.39 is 0 Å². The molecule has 2 aromatic carbocycles. The van der Waals surface area contributed by atoms with Gasteiger partial charge in [0.1, 0.15) is 11.5 Å². The number of ketones is 1. The molecular formula is C16H14BrClO3. The monoisotopic (exact) mass is 368 g/mol. The van der Waals surface area contributed by atoms with Gasteiger partial charge in [-0.1, -0.05) is 33.6 Å². The molecule has 0 aliphatic heterocycles. The number of rotatable bonds is 5. The van der Waals surface area contributed by atoms with Crippen LogP contribution in [0, 0.1) is 6.92 Å². The molecule has 2 aromatic rings. The number of hydrogen-bond donors (Lipinski definition) is 0. The Morgan fingerprint density at radius 1 is 1.19 bits per heavy atom. The predicted octanol–water partition coefficient (Wildman–Crippen LogP) is 4.68. The molecule has 2 rings (SSSR count). The van der Waals surface area contributed by atoms with Crippen molar-refractivity contribution in [2.75, 3.05) is 13.7 Å². The normalized spacial score (nSPS) is 10.3. The number of benzene rings is 2. The van der Waals surface area contributed by atoms with Gasteiger partial charge in [-0.2, -0.15) is 0 Å². The number of methoxy groups -OCH3 is 1. The molecular weight excluding hydrogens is 356 g/mol. The van der Waals surface area contributed by atoms with E-state index in [9.17, 15) is 4.79 Å². The van der Waals surface area contributed by atoms with Gasteiger partial charge in [0.25, 0.3) is 0 Å². The highest BCUT2D eigenvalue weighted by atomic mass is 79.9. The van der Waals surface area contributed by atoms with Gasteiger partial charge in [0.05, 0.1) is 17.7 Å². The van der Waals surface area contributed by atoms with Crippen LogP contribution in [0.2, 0.25) is 5.02 Å². The zero-order chi connectivity index (χ0) is 15.4. The molecule has 110 valence electrons. The summed E-state index contributed by atoms with van der Waals surface area (Å²) in [7, 11) is 1.54. The second kappa shape index (κ2) is 6.96. The molecule has 0 saturated heterocycles. The average molecular weight is 370 g/mol. The van der Waals surface area contributed by atoms with Crippen LogP contribution in [0.4, 0.5) is 0 Å². The molecule has 21 heavy (non-hydrogen) atoms. The summed E-state index contributed by atoms with van der Waals surface area (Å²) >= 11 is 9.36. The van der Waals surface area contributed by atoms with Crippen LogP contribution < -0.4 is 9.47 Å². The van der Waals surface area contributed by atoms with E-state index in [1.807, 2.05) is 19.1 Å². The van der Waals surface area contributed by atoms with Crippen molar-refractivity contribution < 1.29 is 14.3 Å². The van der Waals surface area contributed by atoms with Gasteiger partial charge in [-0.15, -0.1) is 0 Å². The third-order valence-electron chi connectivity index (χ3n) is 2.91. The number of ether oxygens (including phenoxy) is 2. The fourth-order valence-electron chi connectivity index (χ4n) is 1.84. The topological polar surface area (TPSA) is 35.5 Å². The van der Waals surface area contributed by atoms with Gasteiger partial charge in [0.15, 0.2) is 6.61 Å². The Morgan fingerprint density at radius 3 is 2.62 bits per heavy atom. The van der Waals surface area contributed by atoms with Gasteiger partial charge in [-0.25, -0.2) is 0 Å². The smallest absolute Gasteiger partial charge is 0.203 e. The molecule has 0 aromatic heterocycles. The van der Waals surface area contributed by atoms with E-state index in [1.54, 1.807) is 24.3 Å². The van der Waals surface area contributed by atoms with Crippen molar-refractivity contribution in [3.63, 3.8) is 0 Å². The molecule has 0 aliphatic rings. The maximum Gasteiger partial charge on any atom is 0.203 e. The largest absolute Gasteiger partial charge is 0.496 e. The van der Waals surface area contributed by atoms with E-state index >= 15 is 0 Å². The first-order chi connectivity index (χ1) is 10.0. The van der Waals surface area contributed by atoms with Crippen LogP contribution in [0.15, 0.2) is 40.9 Å². The molecule has 3 nitrogen and oxygen atoms in total. The fourth-order valence-corrected chi connectivity index (χ4v) is 2.57. The molecule has 0 N–H and O–H groups in total. The van der Waals surface area contributed by atoms with Gasteiger partial charge in [0, 0.05) is 4.47 Å². The van der Waals surface area contributed by atoms with Crippen LogP contribution in [0.3, 0.4) is 0 Å². The maximum atomic E-state index is 12.2. The molecule has 0 radical (unpaired) electrons. The van der Waals surface area contributed by atoms with Crippen molar-refractivity contribution in [3.8, 4) is 11.5 Å². The molecule has 0 aliphatic carbocycles. The summed E-state index contributed by atoms with van der Waals surface area (Å²) < 4.78 is 11.6. The van der Waals surface area contributed by atoms with Crippen molar-refractivity contribution >= 4 is 33.3 Å². The van der Waals surface area contributed by atoms with Crippen molar-refractivity contribution in [3.05, 3.63) is 57.0 Å². The van der Waals surface area contributed by atoms with E-state index in [1.165, 1.54) is 7.11 Å². The van der Waals surface area contributed by atoms with E-state index in [0.29, 0.717) is 22.1 Å². The number of aryl methyl sites for hydroxylation is 1. The van der Waals surface area contributed by atoms with Crippen LogP contribution in [-0.4, -0.2) is 19.5 Å². The SMILES string of the molecule is COc1cc(C)ccc1C(=O)COc1ccc(Br)cc1Cl. The third kappa shape index (κ3) is 3.99. The van der Waals surface area contributed by atoms with Crippen molar-refractivity contribution in [2.24, 2.45) is 0 Å². The Labute approximate surface area is 137 Å². The first-order valence-electron chi connectivity index (χ1n) is 6.27. The Balaban J connectivity index is 2.11. The fraction of sp³-hybridized carbons (Fsp3) is 0.188. The Hall–Kier alpha value is -1.52. The van der Waals surface area contributed by atoms with Gasteiger partial charge in [0.2, 0.25) is 5.78 Å². The number of carbonyl (C=O) groups is 1. The minimum absolute atomic E-state index is 0.0965. The summed E-state index contributed by atoms with van der Waals surface area (Å²) in [6, 6.07) is 10.7. The molecule has 0 atom stereocenters. The summed E-state index contributed by atoms with van der Waals surface area (Å²) in [4.78, 5) is 12.2. The lowest BCUT2D eigenvalue weighted by Crippen LogP contribution is -2.13. The number of hydrogen-bond acceptors (Lipinski definition) is 3. The lowest BCUT2D eigenvalue weighted by atomic mass is 10.1. The first kappa shape index (κ1) is 15.9. The van der Waals surface area contributed by atoms with Gasteiger partial charge >= 0.3 is 0 Å². The maximum absolute atomic E-state index is 12.2.